The topological polar surface area (TPSA) is 144 Å². The molecule has 0 radical (unpaired) electrons. The van der Waals surface area contributed by atoms with Crippen molar-refractivity contribution in [3.8, 4) is 0 Å². The van der Waals surface area contributed by atoms with Crippen LogP contribution in [0, 0.1) is 0 Å². The molecule has 2 unspecified atom stereocenters. The number of carbonyl (C=O) groups is 2. The summed E-state index contributed by atoms with van der Waals surface area (Å²) in [7, 11) is 0. The third-order valence-corrected chi connectivity index (χ3v) is 5.64. The lowest BCUT2D eigenvalue weighted by Crippen LogP contribution is -2.24. The first-order chi connectivity index (χ1) is 15.5. The van der Waals surface area contributed by atoms with Crippen LogP contribution in [0.4, 0.5) is 0 Å². The van der Waals surface area contributed by atoms with Crippen LogP contribution in [-0.4, -0.2) is 32.0 Å². The van der Waals surface area contributed by atoms with Crippen molar-refractivity contribution in [2.24, 2.45) is 11.5 Å². The van der Waals surface area contributed by atoms with Gasteiger partial charge in [0.25, 0.3) is 0 Å². The zero-order valence-electron chi connectivity index (χ0n) is 16.9. The fourth-order valence-corrected chi connectivity index (χ4v) is 3.80. The lowest BCUT2D eigenvalue weighted by atomic mass is 9.92. The highest BCUT2D eigenvalue weighted by molar-refractivity contribution is 6.04. The van der Waals surface area contributed by atoms with Gasteiger partial charge in [-0.15, -0.1) is 0 Å². The minimum atomic E-state index is -0.885. The molecule has 0 spiro atoms. The van der Waals surface area contributed by atoms with Gasteiger partial charge in [0, 0.05) is 21.9 Å². The second-order valence-electron chi connectivity index (χ2n) is 7.70. The van der Waals surface area contributed by atoms with Crippen molar-refractivity contribution in [2.45, 2.75) is 12.1 Å². The lowest BCUT2D eigenvalue weighted by Gasteiger charge is -2.16. The summed E-state index contributed by atoms with van der Waals surface area (Å²) >= 11 is 0. The molecular weight excluding hydrogens is 404 g/mol. The van der Waals surface area contributed by atoms with E-state index in [1.807, 2.05) is 0 Å². The molecule has 6 N–H and O–H groups in total. The Labute approximate surface area is 182 Å². The van der Waals surface area contributed by atoms with Gasteiger partial charge in [-0.2, -0.15) is 10.2 Å². The molecule has 2 atom stereocenters. The van der Waals surface area contributed by atoms with Crippen LogP contribution in [0.1, 0.15) is 43.9 Å². The number of aromatic nitrogens is 4. The molecule has 3 aromatic carbocycles. The normalized spacial score (nSPS) is 13.3. The smallest absolute Gasteiger partial charge is 0.184 e. The molecule has 8 heteroatoms. The largest absolute Gasteiger partial charge is 0.318 e. The van der Waals surface area contributed by atoms with E-state index >= 15 is 0 Å². The number of rotatable bonds is 6. The van der Waals surface area contributed by atoms with Crippen LogP contribution >= 0.6 is 0 Å². The Hall–Kier alpha value is -4.14. The van der Waals surface area contributed by atoms with Crippen LogP contribution in [0.25, 0.3) is 21.8 Å². The van der Waals surface area contributed by atoms with Crippen molar-refractivity contribution >= 4 is 33.4 Å². The second-order valence-corrected chi connectivity index (χ2v) is 7.70. The first-order valence-electron chi connectivity index (χ1n) is 10.1. The van der Waals surface area contributed by atoms with E-state index in [4.69, 9.17) is 11.5 Å². The molecule has 5 aromatic rings. The summed E-state index contributed by atoms with van der Waals surface area (Å²) in [5, 5.41) is 15.3. The maximum atomic E-state index is 13.0. The molecule has 0 aliphatic carbocycles. The summed E-state index contributed by atoms with van der Waals surface area (Å²) in [4.78, 5) is 26.0. The van der Waals surface area contributed by atoms with Crippen molar-refractivity contribution < 1.29 is 9.59 Å². The Morgan fingerprint density at radius 1 is 0.688 bits per heavy atom. The number of aromatic amines is 2. The van der Waals surface area contributed by atoms with Crippen molar-refractivity contribution in [1.29, 1.82) is 0 Å². The molecule has 0 saturated heterocycles. The molecule has 8 nitrogen and oxygen atoms in total. The van der Waals surface area contributed by atoms with E-state index in [-0.39, 0.29) is 11.6 Å². The summed E-state index contributed by atoms with van der Waals surface area (Å²) < 4.78 is 0. The Bertz CT molecular complexity index is 1360. The van der Waals surface area contributed by atoms with Gasteiger partial charge in [-0.3, -0.25) is 19.8 Å². The molecule has 158 valence electrons. The summed E-state index contributed by atoms with van der Waals surface area (Å²) in [5.74, 6) is -0.453. The van der Waals surface area contributed by atoms with Gasteiger partial charge in [-0.05, 0) is 47.5 Å². The number of nitrogens with zero attached hydrogens (tertiary/aromatic N) is 2. The number of nitrogens with two attached hydrogens (primary N) is 2. The Balaban J connectivity index is 1.40. The van der Waals surface area contributed by atoms with Crippen LogP contribution in [0.2, 0.25) is 0 Å². The fourth-order valence-electron chi connectivity index (χ4n) is 3.80. The van der Waals surface area contributed by atoms with Crippen LogP contribution in [0.3, 0.4) is 0 Å². The molecule has 0 aliphatic heterocycles. The average molecular weight is 424 g/mol. The number of benzene rings is 3. The zero-order chi connectivity index (χ0) is 22.2. The molecule has 0 amide bonds. The highest BCUT2D eigenvalue weighted by Crippen LogP contribution is 2.24. The van der Waals surface area contributed by atoms with Gasteiger partial charge in [0.15, 0.2) is 11.6 Å². The number of hydrogen-bond donors (Lipinski definition) is 4. The van der Waals surface area contributed by atoms with E-state index in [1.54, 1.807) is 73.1 Å². The van der Waals surface area contributed by atoms with Gasteiger partial charge < -0.3 is 11.5 Å². The highest BCUT2D eigenvalue weighted by atomic mass is 16.1. The van der Waals surface area contributed by atoms with E-state index in [0.717, 1.165) is 21.8 Å². The quantitative estimate of drug-likeness (QED) is 0.308. The van der Waals surface area contributed by atoms with E-state index in [1.165, 1.54) is 0 Å². The number of ketones is 2. The number of nitrogens with one attached hydrogen (secondary N) is 2. The maximum absolute atomic E-state index is 13.0. The number of fused-ring (bicyclic) bond motifs is 2. The standard InChI is InChI=1S/C24H20N6O2/c25-21(23(31)15-4-6-19-17(9-15)11-27-29-19)13-2-1-3-14(8-13)22(26)24(32)16-5-7-20-18(10-16)12-28-30-20/h1-12,21-22H,25-26H2,(H,27,29)(H,28,30). The van der Waals surface area contributed by atoms with Crippen LogP contribution in [0.5, 0.6) is 0 Å². The summed E-state index contributed by atoms with van der Waals surface area (Å²) in [5.41, 5.74) is 16.4. The molecule has 0 bridgehead atoms. The van der Waals surface area contributed by atoms with Crippen LogP contribution in [0.15, 0.2) is 73.1 Å². The molecule has 2 heterocycles. The Morgan fingerprint density at radius 2 is 1.16 bits per heavy atom. The van der Waals surface area contributed by atoms with Crippen molar-refractivity contribution in [1.82, 2.24) is 20.4 Å². The molecule has 2 aromatic heterocycles. The van der Waals surface area contributed by atoms with Gasteiger partial charge in [0.1, 0.15) is 0 Å². The minimum Gasteiger partial charge on any atom is -0.318 e. The average Bonchev–Trinajstić information content (AvgIpc) is 3.50. The third kappa shape index (κ3) is 3.47. The first-order valence-corrected chi connectivity index (χ1v) is 10.1. The third-order valence-electron chi connectivity index (χ3n) is 5.64. The zero-order valence-corrected chi connectivity index (χ0v) is 16.9. The first kappa shape index (κ1) is 19.8. The van der Waals surface area contributed by atoms with E-state index in [2.05, 4.69) is 20.4 Å². The molecule has 32 heavy (non-hydrogen) atoms. The summed E-state index contributed by atoms with van der Waals surface area (Å²) in [6, 6.07) is 15.8. The van der Waals surface area contributed by atoms with Gasteiger partial charge in [0.2, 0.25) is 0 Å². The Kier molecular flexibility index (Phi) is 4.85. The number of hydrogen-bond acceptors (Lipinski definition) is 6. The molecule has 0 fully saturated rings. The second kappa shape index (κ2) is 7.84. The summed E-state index contributed by atoms with van der Waals surface area (Å²) in [6.07, 6.45) is 3.31. The molecule has 5 rings (SSSR count). The Morgan fingerprint density at radius 3 is 1.62 bits per heavy atom. The van der Waals surface area contributed by atoms with Gasteiger partial charge in [-0.1, -0.05) is 24.3 Å². The SMILES string of the molecule is NC(C(=O)c1ccc2[nH]ncc2c1)c1cccc(C(N)C(=O)c2ccc3[nH]ncc3c2)c1. The monoisotopic (exact) mass is 424 g/mol. The number of carbonyl (C=O) groups excluding carboxylic acids is 2. The lowest BCUT2D eigenvalue weighted by molar-refractivity contribution is 0.0956. The van der Waals surface area contributed by atoms with E-state index in [0.29, 0.717) is 22.3 Å². The summed E-state index contributed by atoms with van der Waals surface area (Å²) in [6.45, 7) is 0. The highest BCUT2D eigenvalue weighted by Gasteiger charge is 2.22. The molecule has 0 aliphatic rings. The predicted octanol–water partition coefficient (Wildman–Crippen LogP) is 3.20. The van der Waals surface area contributed by atoms with Crippen molar-refractivity contribution in [2.75, 3.05) is 0 Å². The van der Waals surface area contributed by atoms with Gasteiger partial charge in [-0.25, -0.2) is 0 Å². The van der Waals surface area contributed by atoms with Crippen molar-refractivity contribution in [3.63, 3.8) is 0 Å². The number of Topliss-reactive ketones (excluding diaryl/α,β-unsaturated/α-hetero) is 2. The van der Waals surface area contributed by atoms with E-state index in [9.17, 15) is 9.59 Å². The van der Waals surface area contributed by atoms with Crippen molar-refractivity contribution in [3.05, 3.63) is 95.3 Å². The predicted molar refractivity (Wildman–Crippen MR) is 121 cm³/mol. The van der Waals surface area contributed by atoms with Gasteiger partial charge >= 0.3 is 0 Å². The maximum Gasteiger partial charge on any atom is 0.184 e. The van der Waals surface area contributed by atoms with Crippen LogP contribution in [-0.2, 0) is 0 Å². The number of H-pyrrole nitrogens is 2. The van der Waals surface area contributed by atoms with E-state index < -0.39 is 12.1 Å². The molecular formula is C24H20N6O2. The van der Waals surface area contributed by atoms with Gasteiger partial charge in [0.05, 0.1) is 35.5 Å². The fraction of sp³-hybridized carbons (Fsp3) is 0.0833. The molecule has 0 saturated carbocycles. The minimum absolute atomic E-state index is 0.226. The van der Waals surface area contributed by atoms with Crippen LogP contribution < -0.4 is 11.5 Å².